The quantitative estimate of drug-likeness (QED) is 0.337. The van der Waals surface area contributed by atoms with Crippen LogP contribution in [0.25, 0.3) is 0 Å². The van der Waals surface area contributed by atoms with Gasteiger partial charge in [0.1, 0.15) is 17.4 Å². The predicted octanol–water partition coefficient (Wildman–Crippen LogP) is 3.48. The van der Waals surface area contributed by atoms with Crippen LogP contribution >= 0.6 is 11.6 Å². The minimum atomic E-state index is -1.08. The minimum absolute atomic E-state index is 0.0729. The molecule has 0 unspecified atom stereocenters. The number of carboxylic acid groups (broad SMARTS) is 1. The van der Waals surface area contributed by atoms with Gasteiger partial charge in [0.2, 0.25) is 5.95 Å². The van der Waals surface area contributed by atoms with Crippen LogP contribution in [0.2, 0.25) is 5.02 Å². The molecule has 198 valence electrons. The summed E-state index contributed by atoms with van der Waals surface area (Å²) in [5, 5.41) is 17.6. The number of carboxylic acids is 1. The third-order valence-electron chi connectivity index (χ3n) is 5.93. The molecule has 1 aliphatic rings. The maximum Gasteiger partial charge on any atom is 0.323 e. The first-order chi connectivity index (χ1) is 18.2. The summed E-state index contributed by atoms with van der Waals surface area (Å²) in [4.78, 5) is 48.2. The fourth-order valence-electron chi connectivity index (χ4n) is 4.07. The molecule has 2 amide bonds. The molecule has 1 aliphatic heterocycles. The van der Waals surface area contributed by atoms with Gasteiger partial charge in [-0.05, 0) is 37.3 Å². The number of hydrogen-bond donors (Lipinski definition) is 4. The van der Waals surface area contributed by atoms with E-state index in [0.717, 1.165) is 0 Å². The van der Waals surface area contributed by atoms with E-state index in [1.165, 1.54) is 36.3 Å². The Labute approximate surface area is 222 Å². The highest BCUT2D eigenvalue weighted by Gasteiger charge is 2.27. The van der Waals surface area contributed by atoms with Gasteiger partial charge >= 0.3 is 5.97 Å². The zero-order valence-corrected chi connectivity index (χ0v) is 21.3. The SMILES string of the molecule is CCN1CCN(CC(=O)O)C(=O)c2ccc(Nc3ncc(Cl)c(Nc4c(F)cccc4C(=O)NC)n3)cc21. The van der Waals surface area contributed by atoms with Crippen LogP contribution in [0.15, 0.2) is 42.6 Å². The smallest absolute Gasteiger partial charge is 0.323 e. The van der Waals surface area contributed by atoms with Crippen molar-refractivity contribution in [2.24, 2.45) is 0 Å². The second-order valence-electron chi connectivity index (χ2n) is 8.31. The maximum atomic E-state index is 14.6. The van der Waals surface area contributed by atoms with Gasteiger partial charge in [0.15, 0.2) is 5.82 Å². The molecule has 0 aliphatic carbocycles. The number of benzene rings is 2. The van der Waals surface area contributed by atoms with E-state index < -0.39 is 17.7 Å². The largest absolute Gasteiger partial charge is 0.480 e. The van der Waals surface area contributed by atoms with Crippen molar-refractivity contribution in [3.8, 4) is 0 Å². The first kappa shape index (κ1) is 26.6. The van der Waals surface area contributed by atoms with Crippen molar-refractivity contribution in [2.45, 2.75) is 6.92 Å². The minimum Gasteiger partial charge on any atom is -0.480 e. The molecule has 13 heteroatoms. The van der Waals surface area contributed by atoms with E-state index in [1.54, 1.807) is 18.2 Å². The number of aromatic nitrogens is 2. The molecule has 0 saturated carbocycles. The number of carbonyl (C=O) groups is 3. The lowest BCUT2D eigenvalue weighted by atomic mass is 10.1. The monoisotopic (exact) mass is 541 g/mol. The van der Waals surface area contributed by atoms with Crippen LogP contribution < -0.4 is 20.9 Å². The number of amides is 2. The average Bonchev–Trinajstić information content (AvgIpc) is 3.02. The van der Waals surface area contributed by atoms with Crippen LogP contribution in [-0.2, 0) is 4.79 Å². The Bertz CT molecular complexity index is 1400. The molecular weight excluding hydrogens is 517 g/mol. The number of fused-ring (bicyclic) bond motifs is 1. The van der Waals surface area contributed by atoms with Gasteiger partial charge in [-0.3, -0.25) is 14.4 Å². The normalized spacial score (nSPS) is 13.0. The van der Waals surface area contributed by atoms with Gasteiger partial charge in [-0.1, -0.05) is 17.7 Å². The fourth-order valence-corrected chi connectivity index (χ4v) is 4.20. The van der Waals surface area contributed by atoms with Gasteiger partial charge in [-0.25, -0.2) is 9.37 Å². The molecule has 3 aromatic rings. The second-order valence-corrected chi connectivity index (χ2v) is 8.72. The van der Waals surface area contributed by atoms with Gasteiger partial charge in [0.05, 0.1) is 28.7 Å². The van der Waals surface area contributed by atoms with E-state index in [2.05, 4.69) is 25.9 Å². The molecule has 0 bridgehead atoms. The molecular formula is C25H25ClFN7O4. The Morgan fingerprint density at radius 3 is 2.63 bits per heavy atom. The van der Waals surface area contributed by atoms with Gasteiger partial charge < -0.3 is 30.9 Å². The lowest BCUT2D eigenvalue weighted by Crippen LogP contribution is -2.38. The fraction of sp³-hybridized carbons (Fsp3) is 0.240. The molecule has 4 rings (SSSR count). The number of rotatable bonds is 8. The zero-order chi connectivity index (χ0) is 27.4. The van der Waals surface area contributed by atoms with Gasteiger partial charge in [-0.2, -0.15) is 4.98 Å². The standard InChI is InChI=1S/C25H25ClFN7O4/c1-3-33-9-10-34(13-20(35)36)24(38)15-8-7-14(11-19(15)33)30-25-29-12-17(26)22(32-25)31-21-16(23(37)28-2)5-4-6-18(21)27/h4-8,11-12H,3,9-10,13H2,1-2H3,(H,28,37)(H,35,36)(H2,29,30,31,32). The average molecular weight is 542 g/mol. The van der Waals surface area contributed by atoms with Crippen molar-refractivity contribution < 1.29 is 23.9 Å². The van der Waals surface area contributed by atoms with E-state index in [1.807, 2.05) is 11.8 Å². The lowest BCUT2D eigenvalue weighted by Gasteiger charge is -2.23. The summed E-state index contributed by atoms with van der Waals surface area (Å²) in [5.74, 6) is -2.39. The molecule has 0 atom stereocenters. The van der Waals surface area contributed by atoms with Crippen molar-refractivity contribution >= 4 is 58.2 Å². The van der Waals surface area contributed by atoms with Gasteiger partial charge in [0, 0.05) is 32.4 Å². The van der Waals surface area contributed by atoms with E-state index in [-0.39, 0.29) is 47.0 Å². The Kier molecular flexibility index (Phi) is 7.91. The first-order valence-electron chi connectivity index (χ1n) is 11.7. The third-order valence-corrected chi connectivity index (χ3v) is 6.21. The molecule has 4 N–H and O–H groups in total. The summed E-state index contributed by atoms with van der Waals surface area (Å²) in [5.41, 5.74) is 1.57. The molecule has 0 saturated heterocycles. The van der Waals surface area contributed by atoms with Gasteiger partial charge in [-0.15, -0.1) is 0 Å². The number of anilines is 5. The van der Waals surface area contributed by atoms with Crippen LogP contribution in [0.5, 0.6) is 0 Å². The van der Waals surface area contributed by atoms with Crippen molar-refractivity contribution in [2.75, 3.05) is 48.8 Å². The van der Waals surface area contributed by atoms with Crippen molar-refractivity contribution in [3.05, 3.63) is 64.6 Å². The summed E-state index contributed by atoms with van der Waals surface area (Å²) in [6, 6.07) is 9.12. The highest BCUT2D eigenvalue weighted by Crippen LogP contribution is 2.31. The summed E-state index contributed by atoms with van der Waals surface area (Å²) in [6.45, 7) is 2.91. The summed E-state index contributed by atoms with van der Waals surface area (Å²) >= 11 is 6.25. The summed E-state index contributed by atoms with van der Waals surface area (Å²) < 4.78 is 14.6. The number of halogens is 2. The number of hydrogen-bond acceptors (Lipinski definition) is 8. The summed E-state index contributed by atoms with van der Waals surface area (Å²) in [7, 11) is 1.44. The third kappa shape index (κ3) is 5.59. The number of nitrogens with one attached hydrogen (secondary N) is 3. The molecule has 2 heterocycles. The van der Waals surface area contributed by atoms with E-state index >= 15 is 0 Å². The number of likely N-dealkylation sites (N-methyl/N-ethyl adjacent to an activating group) is 1. The number of nitrogens with zero attached hydrogens (tertiary/aromatic N) is 4. The Hall–Kier alpha value is -4.45. The molecule has 38 heavy (non-hydrogen) atoms. The molecule has 1 aromatic heterocycles. The predicted molar refractivity (Wildman–Crippen MR) is 141 cm³/mol. The topological polar surface area (TPSA) is 140 Å². The van der Waals surface area contributed by atoms with Crippen molar-refractivity contribution in [1.29, 1.82) is 0 Å². The van der Waals surface area contributed by atoms with E-state index in [0.29, 0.717) is 30.0 Å². The Morgan fingerprint density at radius 1 is 1.16 bits per heavy atom. The number of carbonyl (C=O) groups excluding carboxylic acids is 2. The van der Waals surface area contributed by atoms with Crippen LogP contribution in [0.4, 0.5) is 33.2 Å². The maximum absolute atomic E-state index is 14.6. The highest BCUT2D eigenvalue weighted by atomic mass is 35.5. The Morgan fingerprint density at radius 2 is 1.92 bits per heavy atom. The molecule has 0 fully saturated rings. The van der Waals surface area contributed by atoms with Crippen LogP contribution in [0.3, 0.4) is 0 Å². The second kappa shape index (κ2) is 11.3. The molecule has 11 nitrogen and oxygen atoms in total. The van der Waals surface area contributed by atoms with Crippen molar-refractivity contribution in [1.82, 2.24) is 20.2 Å². The molecule has 0 radical (unpaired) electrons. The zero-order valence-electron chi connectivity index (χ0n) is 20.6. The Balaban J connectivity index is 1.63. The van der Waals surface area contributed by atoms with E-state index in [9.17, 15) is 23.9 Å². The lowest BCUT2D eigenvalue weighted by molar-refractivity contribution is -0.137. The van der Waals surface area contributed by atoms with Crippen LogP contribution in [0, 0.1) is 5.82 Å². The first-order valence-corrected chi connectivity index (χ1v) is 12.1. The molecule has 0 spiro atoms. The number of para-hydroxylation sites is 1. The van der Waals surface area contributed by atoms with Crippen molar-refractivity contribution in [3.63, 3.8) is 0 Å². The highest BCUT2D eigenvalue weighted by molar-refractivity contribution is 6.33. The van der Waals surface area contributed by atoms with E-state index in [4.69, 9.17) is 11.6 Å². The van der Waals surface area contributed by atoms with Crippen LogP contribution in [0.1, 0.15) is 27.6 Å². The molecule has 2 aromatic carbocycles. The van der Waals surface area contributed by atoms with Gasteiger partial charge in [0.25, 0.3) is 11.8 Å². The number of aliphatic carboxylic acids is 1. The van der Waals surface area contributed by atoms with Crippen LogP contribution in [-0.4, -0.2) is 71.0 Å². The summed E-state index contributed by atoms with van der Waals surface area (Å²) in [6.07, 6.45) is 1.33.